The van der Waals surface area contributed by atoms with Gasteiger partial charge in [-0.2, -0.15) is 0 Å². The number of morpholine rings is 1. The van der Waals surface area contributed by atoms with Gasteiger partial charge in [-0.05, 0) is 18.2 Å². The standard InChI is InChI=1S/C12H13ClN2O3/c13-9-5-8(6-16)1-2-10(9)15-3-4-18-7-11(15)12(14)17/h1-2,5-6,11H,3-4,7H2,(H2,14,17). The molecular weight excluding hydrogens is 256 g/mol. The second-order valence-corrected chi connectivity index (χ2v) is 4.42. The average Bonchev–Trinajstić information content (AvgIpc) is 2.38. The van der Waals surface area contributed by atoms with E-state index in [-0.39, 0.29) is 6.61 Å². The van der Waals surface area contributed by atoms with Crippen LogP contribution in [-0.4, -0.2) is 38.0 Å². The van der Waals surface area contributed by atoms with E-state index in [1.165, 1.54) is 0 Å². The van der Waals surface area contributed by atoms with Crippen LogP contribution in [0.4, 0.5) is 5.69 Å². The molecule has 5 nitrogen and oxygen atoms in total. The SMILES string of the molecule is NC(=O)C1COCCN1c1ccc(C=O)cc1Cl. The van der Waals surface area contributed by atoms with Gasteiger partial charge in [0.2, 0.25) is 5.91 Å². The molecule has 1 aliphatic rings. The van der Waals surface area contributed by atoms with Crippen LogP contribution in [0.2, 0.25) is 5.02 Å². The van der Waals surface area contributed by atoms with E-state index >= 15 is 0 Å². The van der Waals surface area contributed by atoms with Crippen molar-refractivity contribution in [1.82, 2.24) is 0 Å². The molecule has 0 radical (unpaired) electrons. The van der Waals surface area contributed by atoms with Crippen molar-refractivity contribution in [1.29, 1.82) is 0 Å². The van der Waals surface area contributed by atoms with Gasteiger partial charge in [0, 0.05) is 12.1 Å². The zero-order valence-electron chi connectivity index (χ0n) is 9.64. The molecule has 1 unspecified atom stereocenters. The number of anilines is 1. The normalized spacial score (nSPS) is 19.6. The zero-order valence-corrected chi connectivity index (χ0v) is 10.4. The molecule has 1 atom stereocenters. The monoisotopic (exact) mass is 268 g/mol. The number of nitrogens with zero attached hydrogens (tertiary/aromatic N) is 1. The van der Waals surface area contributed by atoms with Gasteiger partial charge in [-0.3, -0.25) is 9.59 Å². The lowest BCUT2D eigenvalue weighted by Crippen LogP contribution is -2.52. The molecule has 1 aliphatic heterocycles. The molecule has 2 rings (SSSR count). The van der Waals surface area contributed by atoms with Crippen LogP contribution in [0.25, 0.3) is 0 Å². The van der Waals surface area contributed by atoms with E-state index in [9.17, 15) is 9.59 Å². The molecule has 1 aromatic rings. The van der Waals surface area contributed by atoms with Gasteiger partial charge in [0.1, 0.15) is 12.3 Å². The molecule has 18 heavy (non-hydrogen) atoms. The molecule has 1 aromatic carbocycles. The number of ether oxygens (including phenoxy) is 1. The molecular formula is C12H13ClN2O3. The first-order valence-corrected chi connectivity index (χ1v) is 5.89. The molecule has 96 valence electrons. The van der Waals surface area contributed by atoms with Crippen LogP contribution in [-0.2, 0) is 9.53 Å². The smallest absolute Gasteiger partial charge is 0.242 e. The van der Waals surface area contributed by atoms with Crippen molar-refractivity contribution >= 4 is 29.5 Å². The van der Waals surface area contributed by atoms with Gasteiger partial charge in [0.05, 0.1) is 23.9 Å². The van der Waals surface area contributed by atoms with E-state index in [1.807, 2.05) is 4.90 Å². The lowest BCUT2D eigenvalue weighted by molar-refractivity contribution is -0.121. The predicted octanol–water partition coefficient (Wildman–Crippen LogP) is 0.843. The molecule has 0 aliphatic carbocycles. The number of hydrogen-bond acceptors (Lipinski definition) is 4. The van der Waals surface area contributed by atoms with E-state index in [4.69, 9.17) is 22.1 Å². The molecule has 1 fully saturated rings. The minimum atomic E-state index is -0.529. The van der Waals surface area contributed by atoms with E-state index in [0.29, 0.717) is 29.4 Å². The second-order valence-electron chi connectivity index (χ2n) is 4.02. The minimum absolute atomic E-state index is 0.251. The summed E-state index contributed by atoms with van der Waals surface area (Å²) in [7, 11) is 0. The summed E-state index contributed by atoms with van der Waals surface area (Å²) in [5.41, 5.74) is 6.52. The number of carbonyl (C=O) groups excluding carboxylic acids is 2. The Morgan fingerprint density at radius 2 is 2.33 bits per heavy atom. The maximum Gasteiger partial charge on any atom is 0.242 e. The Balaban J connectivity index is 2.33. The number of primary amides is 1. The zero-order chi connectivity index (χ0) is 13.1. The number of hydrogen-bond donors (Lipinski definition) is 1. The number of carbonyl (C=O) groups is 2. The van der Waals surface area contributed by atoms with Gasteiger partial charge in [0.25, 0.3) is 0 Å². The van der Waals surface area contributed by atoms with Crippen LogP contribution in [0.15, 0.2) is 18.2 Å². The third-order valence-electron chi connectivity index (χ3n) is 2.87. The van der Waals surface area contributed by atoms with Gasteiger partial charge in [-0.1, -0.05) is 11.6 Å². The van der Waals surface area contributed by atoms with Crippen LogP contribution in [0.3, 0.4) is 0 Å². The fourth-order valence-corrected chi connectivity index (χ4v) is 2.25. The van der Waals surface area contributed by atoms with Crippen LogP contribution < -0.4 is 10.6 Å². The average molecular weight is 269 g/mol. The highest BCUT2D eigenvalue weighted by Crippen LogP contribution is 2.29. The summed E-state index contributed by atoms with van der Waals surface area (Å²) in [5, 5.41) is 0.424. The van der Waals surface area contributed by atoms with Crippen molar-refractivity contribution in [3.63, 3.8) is 0 Å². The number of rotatable bonds is 3. The molecule has 1 heterocycles. The van der Waals surface area contributed by atoms with E-state index in [2.05, 4.69) is 0 Å². The summed E-state index contributed by atoms with van der Waals surface area (Å²) < 4.78 is 5.24. The van der Waals surface area contributed by atoms with E-state index in [1.54, 1.807) is 18.2 Å². The molecule has 0 saturated carbocycles. The largest absolute Gasteiger partial charge is 0.377 e. The fraction of sp³-hybridized carbons (Fsp3) is 0.333. The Hall–Kier alpha value is -1.59. The second kappa shape index (κ2) is 5.37. The topological polar surface area (TPSA) is 72.6 Å². The Bertz CT molecular complexity index is 478. The molecule has 6 heteroatoms. The molecule has 1 amide bonds. The number of amides is 1. The summed E-state index contributed by atoms with van der Waals surface area (Å²) in [6, 6.07) is 4.41. The Labute approximate surface area is 109 Å². The summed E-state index contributed by atoms with van der Waals surface area (Å²) in [4.78, 5) is 23.8. The molecule has 0 spiro atoms. The third-order valence-corrected chi connectivity index (χ3v) is 3.18. The summed E-state index contributed by atoms with van der Waals surface area (Å²) in [6.45, 7) is 1.30. The first-order chi connectivity index (χ1) is 8.63. The lowest BCUT2D eigenvalue weighted by atomic mass is 10.1. The first-order valence-electron chi connectivity index (χ1n) is 5.52. The van der Waals surface area contributed by atoms with Crippen LogP contribution in [0, 0.1) is 0 Å². The summed E-state index contributed by atoms with van der Waals surface area (Å²) >= 11 is 6.12. The van der Waals surface area contributed by atoms with Crippen molar-refractivity contribution in [2.45, 2.75) is 6.04 Å². The summed E-state index contributed by atoms with van der Waals surface area (Å²) in [5.74, 6) is -0.453. The minimum Gasteiger partial charge on any atom is -0.377 e. The van der Waals surface area contributed by atoms with E-state index < -0.39 is 11.9 Å². The van der Waals surface area contributed by atoms with Gasteiger partial charge in [-0.15, -0.1) is 0 Å². The number of nitrogens with two attached hydrogens (primary N) is 1. The maximum absolute atomic E-state index is 11.4. The van der Waals surface area contributed by atoms with E-state index in [0.717, 1.165) is 6.29 Å². The summed E-state index contributed by atoms with van der Waals surface area (Å²) in [6.07, 6.45) is 0.723. The van der Waals surface area contributed by atoms with Crippen LogP contribution in [0.1, 0.15) is 10.4 Å². The van der Waals surface area contributed by atoms with Crippen molar-refractivity contribution in [2.24, 2.45) is 5.73 Å². The quantitative estimate of drug-likeness (QED) is 0.825. The van der Waals surface area contributed by atoms with Crippen molar-refractivity contribution in [2.75, 3.05) is 24.7 Å². The Kier molecular flexibility index (Phi) is 3.84. The fourth-order valence-electron chi connectivity index (χ4n) is 1.96. The molecule has 0 aromatic heterocycles. The van der Waals surface area contributed by atoms with Crippen molar-refractivity contribution in [3.05, 3.63) is 28.8 Å². The molecule has 1 saturated heterocycles. The third kappa shape index (κ3) is 2.47. The van der Waals surface area contributed by atoms with Crippen LogP contribution in [0.5, 0.6) is 0 Å². The Morgan fingerprint density at radius 1 is 1.56 bits per heavy atom. The highest BCUT2D eigenvalue weighted by atomic mass is 35.5. The highest BCUT2D eigenvalue weighted by molar-refractivity contribution is 6.33. The number of aldehydes is 1. The Morgan fingerprint density at radius 3 is 2.94 bits per heavy atom. The molecule has 2 N–H and O–H groups in total. The predicted molar refractivity (Wildman–Crippen MR) is 68.0 cm³/mol. The van der Waals surface area contributed by atoms with Gasteiger partial charge in [0.15, 0.2) is 0 Å². The lowest BCUT2D eigenvalue weighted by Gasteiger charge is -2.35. The van der Waals surface area contributed by atoms with Crippen molar-refractivity contribution < 1.29 is 14.3 Å². The van der Waals surface area contributed by atoms with Gasteiger partial charge < -0.3 is 15.4 Å². The van der Waals surface area contributed by atoms with Gasteiger partial charge >= 0.3 is 0 Å². The maximum atomic E-state index is 11.4. The molecule has 0 bridgehead atoms. The first kappa shape index (κ1) is 12.9. The van der Waals surface area contributed by atoms with Crippen LogP contribution >= 0.6 is 11.6 Å². The van der Waals surface area contributed by atoms with Crippen molar-refractivity contribution in [3.8, 4) is 0 Å². The highest BCUT2D eigenvalue weighted by Gasteiger charge is 2.29. The number of halogens is 1. The number of benzene rings is 1. The van der Waals surface area contributed by atoms with Gasteiger partial charge in [-0.25, -0.2) is 0 Å².